The van der Waals surface area contributed by atoms with Crippen LogP contribution in [0.5, 0.6) is 0 Å². The Labute approximate surface area is 124 Å². The molecule has 0 spiro atoms. The molecule has 5 heteroatoms. The molecule has 0 aliphatic rings. The largest absolute Gasteiger partial charge is 0.393 e. The Kier molecular flexibility index (Phi) is 13.6. The Balaban J connectivity index is 3.63. The molecule has 0 aromatic rings. The summed E-state index contributed by atoms with van der Waals surface area (Å²) in [6.45, 7) is 10.7. The Morgan fingerprint density at radius 3 is 2.55 bits per heavy atom. The van der Waals surface area contributed by atoms with Gasteiger partial charge in [0.2, 0.25) is 0 Å². The Hall–Kier alpha value is -0.200. The van der Waals surface area contributed by atoms with E-state index in [4.69, 9.17) is 15.2 Å². The molecule has 0 heterocycles. The molecule has 0 amide bonds. The lowest BCUT2D eigenvalue weighted by atomic mass is 10.1. The maximum atomic E-state index is 9.55. The second-order valence-corrected chi connectivity index (χ2v) is 5.29. The van der Waals surface area contributed by atoms with E-state index in [1.807, 2.05) is 13.8 Å². The van der Waals surface area contributed by atoms with Crippen molar-refractivity contribution in [3.05, 3.63) is 0 Å². The predicted molar refractivity (Wildman–Crippen MR) is 82.7 cm³/mol. The summed E-state index contributed by atoms with van der Waals surface area (Å²) >= 11 is 0. The van der Waals surface area contributed by atoms with Gasteiger partial charge in [0.05, 0.1) is 18.8 Å². The van der Waals surface area contributed by atoms with E-state index >= 15 is 0 Å². The molecule has 0 rings (SSSR count). The lowest BCUT2D eigenvalue weighted by Crippen LogP contribution is -2.30. The van der Waals surface area contributed by atoms with Crippen LogP contribution in [0.4, 0.5) is 0 Å². The zero-order valence-corrected chi connectivity index (χ0v) is 13.5. The van der Waals surface area contributed by atoms with Gasteiger partial charge in [-0.3, -0.25) is 0 Å². The van der Waals surface area contributed by atoms with Crippen LogP contribution in [-0.4, -0.2) is 61.8 Å². The van der Waals surface area contributed by atoms with Crippen LogP contribution in [0.15, 0.2) is 0 Å². The molecule has 0 saturated heterocycles. The molecule has 0 aromatic carbocycles. The molecule has 0 fully saturated rings. The molecular formula is C15H34N2O3. The maximum Gasteiger partial charge on any atom is 0.147 e. The van der Waals surface area contributed by atoms with Crippen LogP contribution in [0.3, 0.4) is 0 Å². The highest BCUT2D eigenvalue weighted by Crippen LogP contribution is 2.03. The van der Waals surface area contributed by atoms with Crippen molar-refractivity contribution in [2.24, 2.45) is 5.73 Å². The zero-order chi connectivity index (χ0) is 15.2. The first-order chi connectivity index (χ1) is 9.63. The van der Waals surface area contributed by atoms with E-state index in [-0.39, 0.29) is 12.2 Å². The Morgan fingerprint density at radius 1 is 1.20 bits per heavy atom. The summed E-state index contributed by atoms with van der Waals surface area (Å²) < 4.78 is 10.8. The van der Waals surface area contributed by atoms with Crippen LogP contribution in [-0.2, 0) is 9.47 Å². The smallest absolute Gasteiger partial charge is 0.147 e. The van der Waals surface area contributed by atoms with Crippen molar-refractivity contribution in [2.75, 3.05) is 39.6 Å². The van der Waals surface area contributed by atoms with E-state index < -0.39 is 0 Å². The number of hydrogen-bond donors (Lipinski definition) is 2. The molecular weight excluding hydrogens is 256 g/mol. The third-order valence-electron chi connectivity index (χ3n) is 3.34. The fourth-order valence-electron chi connectivity index (χ4n) is 1.89. The first kappa shape index (κ1) is 19.8. The van der Waals surface area contributed by atoms with E-state index in [1.54, 1.807) is 0 Å². The van der Waals surface area contributed by atoms with Gasteiger partial charge in [0.1, 0.15) is 6.79 Å². The molecule has 1 unspecified atom stereocenters. The van der Waals surface area contributed by atoms with Gasteiger partial charge in [0.25, 0.3) is 0 Å². The molecule has 0 bridgehead atoms. The summed E-state index contributed by atoms with van der Waals surface area (Å²) in [5, 5.41) is 9.55. The van der Waals surface area contributed by atoms with Crippen LogP contribution in [0.25, 0.3) is 0 Å². The molecule has 0 aliphatic heterocycles. The third-order valence-corrected chi connectivity index (χ3v) is 3.34. The first-order valence-electron chi connectivity index (χ1n) is 7.93. The van der Waals surface area contributed by atoms with Crippen molar-refractivity contribution >= 4 is 0 Å². The highest BCUT2D eigenvalue weighted by Gasteiger charge is 2.06. The second kappa shape index (κ2) is 13.8. The van der Waals surface area contributed by atoms with Crippen molar-refractivity contribution in [2.45, 2.75) is 58.7 Å². The molecule has 20 heavy (non-hydrogen) atoms. The fraction of sp³-hybridized carbons (Fsp3) is 1.00. The number of aliphatic hydroxyl groups excluding tert-OH is 1. The normalized spacial score (nSPS) is 14.7. The minimum absolute atomic E-state index is 0.0530. The minimum Gasteiger partial charge on any atom is -0.393 e. The standard InChI is InChI=1S/C15H34N2O3/c1-4-8-17(9-6-7-15(18)5-2)10-11-19-13-20-14(3)12-16/h14-15,18H,4-13,16H2,1-3H3/t14?,15-/m1/s1. The van der Waals surface area contributed by atoms with Crippen molar-refractivity contribution in [1.82, 2.24) is 4.90 Å². The van der Waals surface area contributed by atoms with Crippen LogP contribution in [0, 0.1) is 0 Å². The molecule has 3 N–H and O–H groups in total. The summed E-state index contributed by atoms with van der Waals surface area (Å²) in [5.41, 5.74) is 5.46. The highest BCUT2D eigenvalue weighted by atomic mass is 16.7. The minimum atomic E-state index is -0.152. The van der Waals surface area contributed by atoms with Gasteiger partial charge in [-0.1, -0.05) is 13.8 Å². The van der Waals surface area contributed by atoms with E-state index in [0.717, 1.165) is 45.3 Å². The molecule has 2 atom stereocenters. The number of nitrogens with zero attached hydrogens (tertiary/aromatic N) is 1. The molecule has 122 valence electrons. The van der Waals surface area contributed by atoms with Gasteiger partial charge in [0, 0.05) is 13.1 Å². The van der Waals surface area contributed by atoms with Crippen LogP contribution in [0.1, 0.15) is 46.5 Å². The monoisotopic (exact) mass is 290 g/mol. The average molecular weight is 290 g/mol. The Morgan fingerprint density at radius 2 is 1.95 bits per heavy atom. The SMILES string of the molecule is CCCN(CCC[C@H](O)CC)CCOCOC(C)CN. The topological polar surface area (TPSA) is 68.0 Å². The van der Waals surface area contributed by atoms with Gasteiger partial charge in [-0.25, -0.2) is 0 Å². The number of ether oxygens (including phenoxy) is 2. The molecule has 0 aliphatic carbocycles. The van der Waals surface area contributed by atoms with Gasteiger partial charge in [-0.2, -0.15) is 0 Å². The average Bonchev–Trinajstić information content (AvgIpc) is 2.46. The van der Waals surface area contributed by atoms with E-state index in [9.17, 15) is 5.11 Å². The van der Waals surface area contributed by atoms with Gasteiger partial charge >= 0.3 is 0 Å². The molecule has 0 aromatic heterocycles. The first-order valence-corrected chi connectivity index (χ1v) is 7.93. The quantitative estimate of drug-likeness (QED) is 0.375. The van der Waals surface area contributed by atoms with Gasteiger partial charge in [-0.15, -0.1) is 0 Å². The van der Waals surface area contributed by atoms with Crippen molar-refractivity contribution in [3.63, 3.8) is 0 Å². The number of nitrogens with two attached hydrogens (primary N) is 1. The van der Waals surface area contributed by atoms with Gasteiger partial charge < -0.3 is 25.2 Å². The summed E-state index contributed by atoms with van der Waals surface area (Å²) in [6, 6.07) is 0. The third kappa shape index (κ3) is 11.6. The molecule has 5 nitrogen and oxygen atoms in total. The Bertz CT molecular complexity index is 206. The van der Waals surface area contributed by atoms with E-state index in [2.05, 4.69) is 11.8 Å². The number of aliphatic hydroxyl groups is 1. The number of rotatable bonds is 14. The molecule has 0 radical (unpaired) electrons. The summed E-state index contributed by atoms with van der Waals surface area (Å²) in [5.74, 6) is 0. The summed E-state index contributed by atoms with van der Waals surface area (Å²) in [6.07, 6.45) is 3.80. The maximum absolute atomic E-state index is 9.55. The van der Waals surface area contributed by atoms with Crippen molar-refractivity contribution < 1.29 is 14.6 Å². The predicted octanol–water partition coefficient (Wildman–Crippen LogP) is 1.59. The lowest BCUT2D eigenvalue weighted by Gasteiger charge is -2.22. The summed E-state index contributed by atoms with van der Waals surface area (Å²) in [4.78, 5) is 2.38. The van der Waals surface area contributed by atoms with Crippen LogP contribution < -0.4 is 5.73 Å². The number of hydrogen-bond acceptors (Lipinski definition) is 5. The second-order valence-electron chi connectivity index (χ2n) is 5.29. The fourth-order valence-corrected chi connectivity index (χ4v) is 1.89. The zero-order valence-electron chi connectivity index (χ0n) is 13.5. The van der Waals surface area contributed by atoms with Crippen LogP contribution in [0.2, 0.25) is 0 Å². The lowest BCUT2D eigenvalue weighted by molar-refractivity contribution is -0.0842. The van der Waals surface area contributed by atoms with Crippen molar-refractivity contribution in [3.8, 4) is 0 Å². The van der Waals surface area contributed by atoms with Crippen LogP contribution >= 0.6 is 0 Å². The molecule has 0 saturated carbocycles. The summed E-state index contributed by atoms with van der Waals surface area (Å²) in [7, 11) is 0. The van der Waals surface area contributed by atoms with E-state index in [1.165, 1.54) is 0 Å². The van der Waals surface area contributed by atoms with Crippen molar-refractivity contribution in [1.29, 1.82) is 0 Å². The van der Waals surface area contributed by atoms with Gasteiger partial charge in [0.15, 0.2) is 0 Å². The highest BCUT2D eigenvalue weighted by molar-refractivity contribution is 4.60. The van der Waals surface area contributed by atoms with Gasteiger partial charge in [-0.05, 0) is 45.7 Å². The van der Waals surface area contributed by atoms with E-state index in [0.29, 0.717) is 19.9 Å².